The van der Waals surface area contributed by atoms with E-state index in [9.17, 15) is 10.1 Å². The number of rotatable bonds is 6. The molecule has 1 aliphatic rings. The molecule has 0 aliphatic carbocycles. The Morgan fingerprint density at radius 1 is 1.38 bits per heavy atom. The molecule has 5 nitrogen and oxygen atoms in total. The number of benzene rings is 1. The van der Waals surface area contributed by atoms with Crippen LogP contribution in [0.25, 0.3) is 0 Å². The number of nitrogens with zero attached hydrogens (tertiary/aromatic N) is 2. The standard InChI is InChI=1S/C15H22BrN3O2/c1-12(18-7-3-2-4-8-18)10-17-11-13-5-6-14(16)15(9-13)19(20)21/h5-6,9,12,17H,2-4,7-8,10-11H2,1H3. The second-order valence-corrected chi connectivity index (χ2v) is 6.47. The summed E-state index contributed by atoms with van der Waals surface area (Å²) >= 11 is 3.21. The van der Waals surface area contributed by atoms with Crippen LogP contribution in [0.15, 0.2) is 22.7 Å². The normalized spacial score (nSPS) is 17.6. The van der Waals surface area contributed by atoms with Gasteiger partial charge in [0, 0.05) is 25.2 Å². The highest BCUT2D eigenvalue weighted by molar-refractivity contribution is 9.10. The van der Waals surface area contributed by atoms with Gasteiger partial charge in [-0.3, -0.25) is 15.0 Å². The highest BCUT2D eigenvalue weighted by atomic mass is 79.9. The van der Waals surface area contributed by atoms with Gasteiger partial charge in [-0.1, -0.05) is 12.5 Å². The van der Waals surface area contributed by atoms with Crippen molar-refractivity contribution < 1.29 is 4.92 Å². The van der Waals surface area contributed by atoms with Gasteiger partial charge in [0.1, 0.15) is 0 Å². The summed E-state index contributed by atoms with van der Waals surface area (Å²) < 4.78 is 0.526. The fourth-order valence-electron chi connectivity index (χ4n) is 2.72. The summed E-state index contributed by atoms with van der Waals surface area (Å²) in [7, 11) is 0. The molecule has 21 heavy (non-hydrogen) atoms. The Balaban J connectivity index is 1.82. The minimum absolute atomic E-state index is 0.123. The van der Waals surface area contributed by atoms with E-state index in [1.807, 2.05) is 6.07 Å². The molecule has 0 radical (unpaired) electrons. The van der Waals surface area contributed by atoms with Crippen LogP contribution in [-0.2, 0) is 6.54 Å². The van der Waals surface area contributed by atoms with E-state index >= 15 is 0 Å². The lowest BCUT2D eigenvalue weighted by Crippen LogP contribution is -2.42. The number of halogens is 1. The predicted octanol–water partition coefficient (Wildman–Crippen LogP) is 3.32. The van der Waals surface area contributed by atoms with Crippen LogP contribution in [0.5, 0.6) is 0 Å². The van der Waals surface area contributed by atoms with E-state index in [0.29, 0.717) is 17.1 Å². The van der Waals surface area contributed by atoms with Gasteiger partial charge >= 0.3 is 0 Å². The fourth-order valence-corrected chi connectivity index (χ4v) is 3.11. The Labute approximate surface area is 134 Å². The topological polar surface area (TPSA) is 58.4 Å². The predicted molar refractivity (Wildman–Crippen MR) is 87.4 cm³/mol. The third kappa shape index (κ3) is 4.76. The SMILES string of the molecule is CC(CNCc1ccc(Br)c([N+](=O)[O-])c1)N1CCCCC1. The lowest BCUT2D eigenvalue weighted by Gasteiger charge is -2.32. The molecule has 0 bridgehead atoms. The summed E-state index contributed by atoms with van der Waals surface area (Å²) in [5, 5.41) is 14.3. The molecule has 1 aliphatic heterocycles. The minimum atomic E-state index is -0.357. The van der Waals surface area contributed by atoms with Crippen molar-refractivity contribution >= 4 is 21.6 Å². The summed E-state index contributed by atoms with van der Waals surface area (Å²) in [6.07, 6.45) is 3.94. The summed E-state index contributed by atoms with van der Waals surface area (Å²) in [4.78, 5) is 13.1. The number of nitrogens with one attached hydrogen (secondary N) is 1. The first-order valence-corrected chi connectivity index (χ1v) is 8.25. The van der Waals surface area contributed by atoms with E-state index in [-0.39, 0.29) is 10.6 Å². The quantitative estimate of drug-likeness (QED) is 0.628. The number of piperidine rings is 1. The molecule has 1 aromatic carbocycles. The van der Waals surface area contributed by atoms with Crippen LogP contribution in [-0.4, -0.2) is 35.5 Å². The first-order valence-electron chi connectivity index (χ1n) is 7.45. The van der Waals surface area contributed by atoms with Gasteiger partial charge in [0.05, 0.1) is 9.40 Å². The summed E-state index contributed by atoms with van der Waals surface area (Å²) in [5.74, 6) is 0. The summed E-state index contributed by atoms with van der Waals surface area (Å²) in [6, 6.07) is 5.79. The van der Waals surface area contributed by atoms with Crippen LogP contribution < -0.4 is 5.32 Å². The van der Waals surface area contributed by atoms with Crippen molar-refractivity contribution in [3.63, 3.8) is 0 Å². The molecule has 0 saturated carbocycles. The Hall–Kier alpha value is -0.980. The molecule has 1 N–H and O–H groups in total. The number of hydrogen-bond acceptors (Lipinski definition) is 4. The van der Waals surface area contributed by atoms with Crippen molar-refractivity contribution in [3.05, 3.63) is 38.3 Å². The molecular weight excluding hydrogens is 334 g/mol. The third-order valence-corrected chi connectivity index (χ3v) is 4.66. The van der Waals surface area contributed by atoms with Gasteiger partial charge < -0.3 is 5.32 Å². The van der Waals surface area contributed by atoms with E-state index in [0.717, 1.165) is 12.1 Å². The molecule has 0 aromatic heterocycles. The van der Waals surface area contributed by atoms with E-state index < -0.39 is 0 Å². The number of nitro groups is 1. The van der Waals surface area contributed by atoms with E-state index in [1.54, 1.807) is 12.1 Å². The van der Waals surface area contributed by atoms with Gasteiger partial charge in [-0.05, 0) is 60.4 Å². The number of hydrogen-bond donors (Lipinski definition) is 1. The molecule has 1 heterocycles. The molecule has 6 heteroatoms. The number of nitro benzene ring substituents is 1. The van der Waals surface area contributed by atoms with E-state index in [2.05, 4.69) is 33.1 Å². The Morgan fingerprint density at radius 3 is 2.76 bits per heavy atom. The van der Waals surface area contributed by atoms with E-state index in [4.69, 9.17) is 0 Å². The minimum Gasteiger partial charge on any atom is -0.311 e. The maximum absolute atomic E-state index is 10.9. The molecule has 1 atom stereocenters. The largest absolute Gasteiger partial charge is 0.311 e. The zero-order valence-electron chi connectivity index (χ0n) is 12.3. The van der Waals surface area contributed by atoms with Crippen LogP contribution in [0.3, 0.4) is 0 Å². The Morgan fingerprint density at radius 2 is 2.10 bits per heavy atom. The van der Waals surface area contributed by atoms with Crippen LogP contribution in [0.1, 0.15) is 31.7 Å². The van der Waals surface area contributed by atoms with Crippen molar-refractivity contribution in [3.8, 4) is 0 Å². The molecular formula is C15H22BrN3O2. The monoisotopic (exact) mass is 355 g/mol. The molecule has 1 saturated heterocycles. The molecule has 1 unspecified atom stereocenters. The molecule has 0 spiro atoms. The zero-order chi connectivity index (χ0) is 15.2. The fraction of sp³-hybridized carbons (Fsp3) is 0.600. The van der Waals surface area contributed by atoms with Crippen molar-refractivity contribution in [2.75, 3.05) is 19.6 Å². The lowest BCUT2D eigenvalue weighted by atomic mass is 10.1. The van der Waals surface area contributed by atoms with Crippen LogP contribution in [0.4, 0.5) is 5.69 Å². The van der Waals surface area contributed by atoms with Crippen molar-refractivity contribution in [1.82, 2.24) is 10.2 Å². The van der Waals surface area contributed by atoms with Gasteiger partial charge in [0.15, 0.2) is 0 Å². The maximum Gasteiger partial charge on any atom is 0.283 e. The first kappa shape index (κ1) is 16.4. The highest BCUT2D eigenvalue weighted by Gasteiger charge is 2.16. The molecule has 116 valence electrons. The van der Waals surface area contributed by atoms with Gasteiger partial charge in [-0.15, -0.1) is 0 Å². The van der Waals surface area contributed by atoms with Crippen molar-refractivity contribution in [2.24, 2.45) is 0 Å². The highest BCUT2D eigenvalue weighted by Crippen LogP contribution is 2.25. The van der Waals surface area contributed by atoms with Crippen LogP contribution in [0.2, 0.25) is 0 Å². The summed E-state index contributed by atoms with van der Waals surface area (Å²) in [5.41, 5.74) is 1.06. The lowest BCUT2D eigenvalue weighted by molar-refractivity contribution is -0.385. The van der Waals surface area contributed by atoms with Gasteiger partial charge in [-0.25, -0.2) is 0 Å². The van der Waals surface area contributed by atoms with Crippen molar-refractivity contribution in [1.29, 1.82) is 0 Å². The first-order chi connectivity index (χ1) is 10.1. The smallest absolute Gasteiger partial charge is 0.283 e. The zero-order valence-corrected chi connectivity index (χ0v) is 13.9. The van der Waals surface area contributed by atoms with Gasteiger partial charge in [-0.2, -0.15) is 0 Å². The van der Waals surface area contributed by atoms with Crippen LogP contribution in [0, 0.1) is 10.1 Å². The molecule has 1 fully saturated rings. The van der Waals surface area contributed by atoms with Crippen LogP contribution >= 0.6 is 15.9 Å². The third-order valence-electron chi connectivity index (χ3n) is 3.99. The average molecular weight is 356 g/mol. The molecule has 0 amide bonds. The van der Waals surface area contributed by atoms with E-state index in [1.165, 1.54) is 32.4 Å². The van der Waals surface area contributed by atoms with Gasteiger partial charge in [0.2, 0.25) is 0 Å². The maximum atomic E-state index is 10.9. The number of likely N-dealkylation sites (tertiary alicyclic amines) is 1. The summed E-state index contributed by atoms with van der Waals surface area (Å²) in [6.45, 7) is 6.18. The molecule has 2 rings (SSSR count). The second-order valence-electron chi connectivity index (χ2n) is 5.62. The second kappa shape index (κ2) is 7.87. The Bertz CT molecular complexity index is 490. The average Bonchev–Trinajstić information content (AvgIpc) is 2.49. The Kier molecular flexibility index (Phi) is 6.14. The van der Waals surface area contributed by atoms with Gasteiger partial charge in [0.25, 0.3) is 5.69 Å². The molecule has 1 aromatic rings. The van der Waals surface area contributed by atoms with Crippen molar-refractivity contribution in [2.45, 2.75) is 38.8 Å².